The molecule has 1 fully saturated rings. The van der Waals surface area contributed by atoms with Crippen molar-refractivity contribution in [1.29, 1.82) is 0 Å². The van der Waals surface area contributed by atoms with Crippen LogP contribution in [0.25, 0.3) is 0 Å². The summed E-state index contributed by atoms with van der Waals surface area (Å²) in [5, 5.41) is 4.50. The molecule has 0 bridgehead atoms. The summed E-state index contributed by atoms with van der Waals surface area (Å²) < 4.78 is 0. The Labute approximate surface area is 114 Å². The van der Waals surface area contributed by atoms with Crippen molar-refractivity contribution in [3.8, 4) is 0 Å². The van der Waals surface area contributed by atoms with E-state index in [2.05, 4.69) is 39.4 Å². The van der Waals surface area contributed by atoms with E-state index in [0.29, 0.717) is 6.04 Å². The van der Waals surface area contributed by atoms with Gasteiger partial charge in [0, 0.05) is 25.2 Å². The van der Waals surface area contributed by atoms with E-state index in [0.717, 1.165) is 30.5 Å². The second kappa shape index (κ2) is 6.95. The van der Waals surface area contributed by atoms with Gasteiger partial charge < -0.3 is 10.2 Å². The molecule has 1 aliphatic heterocycles. The van der Waals surface area contributed by atoms with Crippen LogP contribution in [0.2, 0.25) is 0 Å². The van der Waals surface area contributed by atoms with Crippen LogP contribution in [0.4, 0.5) is 5.82 Å². The lowest BCUT2D eigenvalue weighted by atomic mass is 10.0. The lowest BCUT2D eigenvalue weighted by Crippen LogP contribution is -2.46. The highest BCUT2D eigenvalue weighted by molar-refractivity contribution is 7.98. The highest BCUT2D eigenvalue weighted by Gasteiger charge is 2.23. The van der Waals surface area contributed by atoms with Gasteiger partial charge in [-0.1, -0.05) is 6.92 Å². The third-order valence-electron chi connectivity index (χ3n) is 3.39. The van der Waals surface area contributed by atoms with Gasteiger partial charge >= 0.3 is 0 Å². The van der Waals surface area contributed by atoms with E-state index in [1.54, 1.807) is 18.1 Å². The monoisotopic (exact) mass is 266 g/mol. The smallest absolute Gasteiger partial charge is 0.133 e. The van der Waals surface area contributed by atoms with Crippen LogP contribution in [0.15, 0.2) is 17.4 Å². The predicted molar refractivity (Wildman–Crippen MR) is 77.3 cm³/mol. The van der Waals surface area contributed by atoms with E-state index >= 15 is 0 Å². The molecular formula is C13H22N4S. The van der Waals surface area contributed by atoms with Crippen molar-refractivity contribution in [3.05, 3.63) is 12.4 Å². The van der Waals surface area contributed by atoms with E-state index in [4.69, 9.17) is 0 Å². The Bertz CT molecular complexity index is 372. The van der Waals surface area contributed by atoms with Crippen LogP contribution in [0, 0.1) is 0 Å². The first kappa shape index (κ1) is 13.6. The summed E-state index contributed by atoms with van der Waals surface area (Å²) in [5.74, 6) is 1.08. The first-order valence-corrected chi connectivity index (χ1v) is 7.91. The van der Waals surface area contributed by atoms with E-state index in [9.17, 15) is 0 Å². The molecule has 1 aromatic rings. The summed E-state index contributed by atoms with van der Waals surface area (Å²) in [6.07, 6.45) is 7.58. The van der Waals surface area contributed by atoms with Gasteiger partial charge in [0.05, 0.1) is 0 Å². The molecule has 0 spiro atoms. The van der Waals surface area contributed by atoms with Crippen LogP contribution in [-0.2, 0) is 0 Å². The van der Waals surface area contributed by atoms with Gasteiger partial charge in [-0.05, 0) is 32.1 Å². The average Bonchev–Trinajstić information content (AvgIpc) is 2.45. The number of rotatable bonds is 5. The summed E-state index contributed by atoms with van der Waals surface area (Å²) in [5.41, 5.74) is 0. The molecular weight excluding hydrogens is 244 g/mol. The van der Waals surface area contributed by atoms with Crippen molar-refractivity contribution in [2.24, 2.45) is 0 Å². The maximum absolute atomic E-state index is 4.44. The number of likely N-dealkylation sites (N-methyl/N-ethyl adjacent to an activating group) is 1. The van der Waals surface area contributed by atoms with E-state index in [1.807, 2.05) is 0 Å². The van der Waals surface area contributed by atoms with Gasteiger partial charge in [-0.3, -0.25) is 0 Å². The number of aromatic nitrogens is 2. The first-order chi connectivity index (χ1) is 8.85. The van der Waals surface area contributed by atoms with Crippen LogP contribution in [0.3, 0.4) is 0 Å². The number of hydrogen-bond acceptors (Lipinski definition) is 5. The van der Waals surface area contributed by atoms with Crippen LogP contribution in [0.5, 0.6) is 0 Å². The zero-order chi connectivity index (χ0) is 12.8. The number of hydrogen-bond donors (Lipinski definition) is 1. The second-order valence-electron chi connectivity index (χ2n) is 4.57. The Morgan fingerprint density at radius 2 is 2.33 bits per heavy atom. The molecule has 100 valence electrons. The Balaban J connectivity index is 2.11. The molecule has 0 amide bonds. The van der Waals surface area contributed by atoms with Gasteiger partial charge in [0.15, 0.2) is 0 Å². The summed E-state index contributed by atoms with van der Waals surface area (Å²) in [4.78, 5) is 11.1. The second-order valence-corrected chi connectivity index (χ2v) is 5.40. The minimum atomic E-state index is 0.573. The molecule has 0 aromatic carbocycles. The van der Waals surface area contributed by atoms with Crippen molar-refractivity contribution in [1.82, 2.24) is 15.3 Å². The van der Waals surface area contributed by atoms with Crippen LogP contribution in [0.1, 0.15) is 26.2 Å². The van der Waals surface area contributed by atoms with Gasteiger partial charge in [0.25, 0.3) is 0 Å². The summed E-state index contributed by atoms with van der Waals surface area (Å²) in [7, 11) is 0. The van der Waals surface area contributed by atoms with Gasteiger partial charge in [0.2, 0.25) is 0 Å². The molecule has 1 saturated heterocycles. The molecule has 1 atom stereocenters. The molecule has 0 saturated carbocycles. The van der Waals surface area contributed by atoms with Gasteiger partial charge in [-0.25, -0.2) is 9.97 Å². The number of nitrogens with zero attached hydrogens (tertiary/aromatic N) is 3. The Morgan fingerprint density at radius 3 is 3.11 bits per heavy atom. The quantitative estimate of drug-likeness (QED) is 0.653. The summed E-state index contributed by atoms with van der Waals surface area (Å²) in [6.45, 7) is 5.35. The highest BCUT2D eigenvalue weighted by Crippen LogP contribution is 2.24. The van der Waals surface area contributed by atoms with E-state index in [-0.39, 0.29) is 0 Å². The van der Waals surface area contributed by atoms with E-state index in [1.165, 1.54) is 19.3 Å². The number of piperidine rings is 1. The number of anilines is 1. The van der Waals surface area contributed by atoms with Crippen molar-refractivity contribution >= 4 is 17.6 Å². The molecule has 4 nitrogen and oxygen atoms in total. The van der Waals surface area contributed by atoms with E-state index < -0.39 is 0 Å². The third-order valence-corrected chi connectivity index (χ3v) is 4.03. The molecule has 2 rings (SSSR count). The molecule has 2 heterocycles. The Hall–Kier alpha value is -0.810. The molecule has 1 N–H and O–H groups in total. The van der Waals surface area contributed by atoms with Crippen molar-refractivity contribution in [2.45, 2.75) is 37.3 Å². The largest absolute Gasteiger partial charge is 0.352 e. The zero-order valence-corrected chi connectivity index (χ0v) is 12.0. The summed E-state index contributed by atoms with van der Waals surface area (Å²) >= 11 is 1.67. The van der Waals surface area contributed by atoms with Crippen molar-refractivity contribution < 1.29 is 0 Å². The Morgan fingerprint density at radius 1 is 1.44 bits per heavy atom. The fourth-order valence-corrected chi connectivity index (χ4v) is 2.80. The minimum Gasteiger partial charge on any atom is -0.352 e. The van der Waals surface area contributed by atoms with Crippen LogP contribution < -0.4 is 10.2 Å². The molecule has 18 heavy (non-hydrogen) atoms. The lowest BCUT2D eigenvalue weighted by molar-refractivity contribution is 0.436. The Kier molecular flexibility index (Phi) is 5.26. The maximum atomic E-state index is 4.44. The lowest BCUT2D eigenvalue weighted by Gasteiger charge is -2.36. The number of nitrogens with one attached hydrogen (secondary N) is 1. The maximum Gasteiger partial charge on any atom is 0.133 e. The molecule has 1 unspecified atom stereocenters. The van der Waals surface area contributed by atoms with Crippen LogP contribution in [-0.4, -0.2) is 41.9 Å². The van der Waals surface area contributed by atoms with Crippen molar-refractivity contribution in [3.63, 3.8) is 0 Å². The standard InChI is InChI=1S/C13H22N4S/c1-3-14-9-11-6-4-5-7-17(11)12-8-13(18-2)16-10-15-12/h8,10-11,14H,3-7,9H2,1-2H3. The molecule has 1 aliphatic rings. The molecule has 0 radical (unpaired) electrons. The molecule has 1 aromatic heterocycles. The number of thioether (sulfide) groups is 1. The molecule has 0 aliphatic carbocycles. The fraction of sp³-hybridized carbons (Fsp3) is 0.692. The van der Waals surface area contributed by atoms with Gasteiger partial charge in [0.1, 0.15) is 17.2 Å². The minimum absolute atomic E-state index is 0.573. The topological polar surface area (TPSA) is 41.0 Å². The predicted octanol–water partition coefficient (Wildman–Crippen LogP) is 2.17. The normalized spacial score (nSPS) is 20.1. The summed E-state index contributed by atoms with van der Waals surface area (Å²) in [6, 6.07) is 2.68. The SMILES string of the molecule is CCNCC1CCCCN1c1cc(SC)ncn1. The fourth-order valence-electron chi connectivity index (χ4n) is 2.42. The third kappa shape index (κ3) is 3.36. The molecule has 5 heteroatoms. The van der Waals surface area contributed by atoms with Gasteiger partial charge in [-0.2, -0.15) is 0 Å². The van der Waals surface area contributed by atoms with Crippen molar-refractivity contribution in [2.75, 3.05) is 30.8 Å². The zero-order valence-electron chi connectivity index (χ0n) is 11.2. The van der Waals surface area contributed by atoms with Crippen LogP contribution >= 0.6 is 11.8 Å². The van der Waals surface area contributed by atoms with Gasteiger partial charge in [-0.15, -0.1) is 11.8 Å². The highest BCUT2D eigenvalue weighted by atomic mass is 32.2. The average molecular weight is 266 g/mol. The first-order valence-electron chi connectivity index (χ1n) is 6.68.